The maximum Gasteiger partial charge on any atom is 0.204 e. The molecule has 0 saturated carbocycles. The number of aliphatic hydroxyl groups is 4. The molecule has 0 spiro atoms. The number of benzene rings is 4. The Morgan fingerprint density at radius 3 is 1.14 bits per heavy atom. The summed E-state index contributed by atoms with van der Waals surface area (Å²) < 4.78 is 58.4. The van der Waals surface area contributed by atoms with Crippen molar-refractivity contribution < 1.29 is 78.0 Å². The topological polar surface area (TPSA) is 214 Å². The average molecular weight is 811 g/mol. The lowest BCUT2D eigenvalue weighted by Gasteiger charge is -2.26. The van der Waals surface area contributed by atoms with Crippen molar-refractivity contribution in [1.29, 1.82) is 0 Å². The second-order valence-corrected chi connectivity index (χ2v) is 13.8. The Morgan fingerprint density at radius 1 is 0.517 bits per heavy atom. The number of methoxy groups -OCH3 is 6. The van der Waals surface area contributed by atoms with Crippen molar-refractivity contribution in [3.8, 4) is 57.5 Å². The molecule has 6 N–H and O–H groups in total. The SMILES string of the molecule is COc1cc([C@H](O)[C@@H](CO)Oc2c(OC)cc([C@H]3OC[C@H]4[C@@H]3CO[C@@H]4c3cc(OC)c(O[C@H](CO)[C@@H](O)c4ccc(O)c(OC)c4)c(OC)c3)cc2OC)ccc1O. The second kappa shape index (κ2) is 18.5. The first kappa shape index (κ1) is 42.3. The van der Waals surface area contributed by atoms with E-state index in [1.165, 1.54) is 79.1 Å². The third-order valence-electron chi connectivity index (χ3n) is 10.6. The molecule has 2 saturated heterocycles. The fraction of sp³-hybridized carbons (Fsp3) is 0.429. The molecule has 2 aliphatic heterocycles. The standard InChI is InChI=1S/C42H50O16/c1-49-29-11-21(7-9-27(29)45)37(47)35(17-43)57-41-31(51-3)13-23(14-32(41)52-4)39-25-19-56-40(26(25)20-55-39)24-15-33(53-5)42(34(16-24)54-6)58-36(18-44)38(48)22-8-10-28(46)30(12-22)50-2/h7-16,25-26,35-40,43-48H,17-20H2,1-6H3/t25-,26-,35+,36+,37-,38-,39+,40+/m0/s1. The van der Waals surface area contributed by atoms with Gasteiger partial charge in [0.1, 0.15) is 12.2 Å². The molecule has 8 atom stereocenters. The van der Waals surface area contributed by atoms with E-state index in [9.17, 15) is 30.6 Å². The van der Waals surface area contributed by atoms with Crippen LogP contribution in [-0.4, -0.2) is 112 Å². The summed E-state index contributed by atoms with van der Waals surface area (Å²) in [5.41, 5.74) is 2.17. The van der Waals surface area contributed by atoms with E-state index in [0.717, 1.165) is 11.1 Å². The summed E-state index contributed by atoms with van der Waals surface area (Å²) in [6.07, 6.45) is -5.76. The lowest BCUT2D eigenvalue weighted by atomic mass is 9.84. The summed E-state index contributed by atoms with van der Waals surface area (Å²) in [5.74, 6) is 1.38. The first-order valence-electron chi connectivity index (χ1n) is 18.4. The fourth-order valence-electron chi connectivity index (χ4n) is 7.49. The van der Waals surface area contributed by atoms with Gasteiger partial charge in [0.25, 0.3) is 0 Å². The van der Waals surface area contributed by atoms with Gasteiger partial charge in [0.05, 0.1) is 81.3 Å². The van der Waals surface area contributed by atoms with Gasteiger partial charge >= 0.3 is 0 Å². The first-order chi connectivity index (χ1) is 28.0. The van der Waals surface area contributed by atoms with Crippen molar-refractivity contribution in [2.75, 3.05) is 69.1 Å². The Balaban J connectivity index is 1.22. The van der Waals surface area contributed by atoms with Crippen molar-refractivity contribution in [1.82, 2.24) is 0 Å². The zero-order chi connectivity index (χ0) is 41.7. The number of hydrogen-bond acceptors (Lipinski definition) is 16. The van der Waals surface area contributed by atoms with E-state index in [4.69, 9.17) is 47.4 Å². The third kappa shape index (κ3) is 8.30. The van der Waals surface area contributed by atoms with Crippen molar-refractivity contribution in [2.24, 2.45) is 11.8 Å². The zero-order valence-electron chi connectivity index (χ0n) is 33.0. The van der Waals surface area contributed by atoms with E-state index in [2.05, 4.69) is 0 Å². The molecule has 4 aromatic carbocycles. The molecule has 2 aliphatic rings. The van der Waals surface area contributed by atoms with Crippen LogP contribution in [0.5, 0.6) is 57.5 Å². The minimum atomic E-state index is -1.31. The van der Waals surface area contributed by atoms with Gasteiger partial charge in [-0.05, 0) is 70.8 Å². The van der Waals surface area contributed by atoms with Crippen LogP contribution in [0.2, 0.25) is 0 Å². The Bertz CT molecular complexity index is 1830. The Morgan fingerprint density at radius 2 is 0.845 bits per heavy atom. The van der Waals surface area contributed by atoms with Crippen molar-refractivity contribution in [2.45, 2.75) is 36.6 Å². The first-order valence-corrected chi connectivity index (χ1v) is 18.4. The molecule has 0 bridgehead atoms. The molecule has 2 heterocycles. The van der Waals surface area contributed by atoms with E-state index in [1.54, 1.807) is 24.3 Å². The number of phenolic OH excluding ortho intramolecular Hbond substituents is 2. The molecule has 0 aromatic heterocycles. The zero-order valence-corrected chi connectivity index (χ0v) is 33.0. The number of aliphatic hydroxyl groups excluding tert-OH is 4. The molecule has 0 aliphatic carbocycles. The smallest absolute Gasteiger partial charge is 0.204 e. The molecular formula is C42H50O16. The molecule has 0 amide bonds. The quantitative estimate of drug-likeness (QED) is 0.0832. The molecule has 16 nitrogen and oxygen atoms in total. The summed E-state index contributed by atoms with van der Waals surface area (Å²) in [6, 6.07) is 15.7. The van der Waals surface area contributed by atoms with Gasteiger partial charge in [-0.3, -0.25) is 0 Å². The van der Waals surface area contributed by atoms with Crippen LogP contribution in [0.25, 0.3) is 0 Å². The average Bonchev–Trinajstić information content (AvgIpc) is 3.87. The van der Waals surface area contributed by atoms with Crippen LogP contribution in [0.15, 0.2) is 60.7 Å². The molecule has 6 rings (SSSR count). The van der Waals surface area contributed by atoms with Gasteiger partial charge < -0.3 is 78.0 Å². The highest BCUT2D eigenvalue weighted by molar-refractivity contribution is 5.56. The van der Waals surface area contributed by atoms with E-state index < -0.39 is 49.8 Å². The number of phenols is 2. The molecule has 16 heteroatoms. The van der Waals surface area contributed by atoms with Crippen molar-refractivity contribution in [3.63, 3.8) is 0 Å². The summed E-state index contributed by atoms with van der Waals surface area (Å²) in [7, 11) is 8.65. The number of ether oxygens (including phenoxy) is 10. The van der Waals surface area contributed by atoms with E-state index >= 15 is 0 Å². The van der Waals surface area contributed by atoms with Gasteiger partial charge in [-0.25, -0.2) is 0 Å². The minimum Gasteiger partial charge on any atom is -0.504 e. The minimum absolute atomic E-state index is 0.0909. The lowest BCUT2D eigenvalue weighted by molar-refractivity contribution is -0.00205. The summed E-state index contributed by atoms with van der Waals surface area (Å²) >= 11 is 0. The fourth-order valence-corrected chi connectivity index (χ4v) is 7.49. The highest BCUT2D eigenvalue weighted by Gasteiger charge is 2.49. The summed E-state index contributed by atoms with van der Waals surface area (Å²) in [6.45, 7) is -0.408. The van der Waals surface area contributed by atoms with Gasteiger partial charge in [0.15, 0.2) is 58.2 Å². The second-order valence-electron chi connectivity index (χ2n) is 13.8. The number of aromatic hydroxyl groups is 2. The van der Waals surface area contributed by atoms with Gasteiger partial charge in [-0.15, -0.1) is 0 Å². The third-order valence-corrected chi connectivity index (χ3v) is 10.6. The maximum atomic E-state index is 11.2. The molecule has 4 aromatic rings. The lowest BCUT2D eigenvalue weighted by Crippen LogP contribution is -2.29. The van der Waals surface area contributed by atoms with Gasteiger partial charge in [-0.2, -0.15) is 0 Å². The summed E-state index contributed by atoms with van der Waals surface area (Å²) in [5, 5.41) is 62.8. The molecule has 0 radical (unpaired) electrons. The Kier molecular flexibility index (Phi) is 13.5. The number of rotatable bonds is 18. The van der Waals surface area contributed by atoms with Crippen LogP contribution >= 0.6 is 0 Å². The van der Waals surface area contributed by atoms with Gasteiger partial charge in [0, 0.05) is 11.8 Å². The Hall–Kier alpha value is -5.36. The van der Waals surface area contributed by atoms with Crippen molar-refractivity contribution >= 4 is 0 Å². The summed E-state index contributed by atoms with van der Waals surface area (Å²) in [4.78, 5) is 0. The Labute approximate surface area is 335 Å². The largest absolute Gasteiger partial charge is 0.504 e. The van der Waals surface area contributed by atoms with E-state index in [1.807, 2.05) is 0 Å². The van der Waals surface area contributed by atoms with Crippen LogP contribution in [0.1, 0.15) is 46.7 Å². The van der Waals surface area contributed by atoms with Crippen LogP contribution < -0.4 is 37.9 Å². The van der Waals surface area contributed by atoms with E-state index in [-0.39, 0.29) is 69.3 Å². The van der Waals surface area contributed by atoms with Gasteiger partial charge in [0.2, 0.25) is 11.5 Å². The van der Waals surface area contributed by atoms with Crippen molar-refractivity contribution in [3.05, 3.63) is 82.9 Å². The monoisotopic (exact) mass is 810 g/mol. The molecule has 58 heavy (non-hydrogen) atoms. The number of hydrogen-bond donors (Lipinski definition) is 6. The van der Waals surface area contributed by atoms with Crippen LogP contribution in [-0.2, 0) is 9.47 Å². The molecule has 0 unspecified atom stereocenters. The molecule has 314 valence electrons. The highest BCUT2D eigenvalue weighted by Crippen LogP contribution is 2.54. The maximum absolute atomic E-state index is 11.2. The molecule has 2 fully saturated rings. The predicted octanol–water partition coefficient (Wildman–Crippen LogP) is 4.17. The van der Waals surface area contributed by atoms with E-state index in [0.29, 0.717) is 24.3 Å². The normalized spacial score (nSPS) is 20.7. The van der Waals surface area contributed by atoms with Crippen LogP contribution in [0, 0.1) is 11.8 Å². The predicted molar refractivity (Wildman–Crippen MR) is 206 cm³/mol. The highest BCUT2D eigenvalue weighted by atomic mass is 16.6. The van der Waals surface area contributed by atoms with Crippen LogP contribution in [0.3, 0.4) is 0 Å². The molecular weight excluding hydrogens is 760 g/mol. The van der Waals surface area contributed by atoms with Gasteiger partial charge in [-0.1, -0.05) is 12.1 Å². The number of fused-ring (bicyclic) bond motifs is 1. The van der Waals surface area contributed by atoms with Crippen LogP contribution in [0.4, 0.5) is 0 Å².